The molecule has 0 radical (unpaired) electrons. The number of aromatic nitrogens is 3. The van der Waals surface area contributed by atoms with Gasteiger partial charge in [0.25, 0.3) is 0 Å². The van der Waals surface area contributed by atoms with Crippen molar-refractivity contribution in [2.24, 2.45) is 0 Å². The van der Waals surface area contributed by atoms with Crippen molar-refractivity contribution in [1.82, 2.24) is 15.0 Å². The molecular formula is C8H5F3N4. The summed E-state index contributed by atoms with van der Waals surface area (Å²) in [6.07, 6.45) is -2.58. The maximum absolute atomic E-state index is 12.3. The lowest BCUT2D eigenvalue weighted by atomic mass is 10.3. The number of nitrogen functional groups attached to an aromatic ring is 1. The average molecular weight is 214 g/mol. The molecule has 0 unspecified atom stereocenters. The summed E-state index contributed by atoms with van der Waals surface area (Å²) in [5.74, 6) is 0.0636. The fourth-order valence-electron chi connectivity index (χ4n) is 1.10. The zero-order valence-corrected chi connectivity index (χ0v) is 7.28. The molecule has 0 saturated heterocycles. The molecule has 0 fully saturated rings. The van der Waals surface area contributed by atoms with Gasteiger partial charge in [-0.05, 0) is 6.07 Å². The van der Waals surface area contributed by atoms with E-state index in [1.54, 1.807) is 0 Å². The van der Waals surface area contributed by atoms with E-state index in [1.807, 2.05) is 0 Å². The van der Waals surface area contributed by atoms with Crippen LogP contribution in [0.2, 0.25) is 0 Å². The quantitative estimate of drug-likeness (QED) is 0.723. The normalized spacial score (nSPS) is 11.9. The molecule has 0 saturated carbocycles. The number of pyridine rings is 1. The fraction of sp³-hybridized carbons (Fsp3) is 0.125. The Hall–Kier alpha value is -1.92. The largest absolute Gasteiger partial charge is 0.434 e. The Kier molecular flexibility index (Phi) is 1.95. The van der Waals surface area contributed by atoms with Gasteiger partial charge in [0, 0.05) is 6.20 Å². The summed E-state index contributed by atoms with van der Waals surface area (Å²) in [6.45, 7) is 0. The topological polar surface area (TPSA) is 64.7 Å². The van der Waals surface area contributed by atoms with Crippen molar-refractivity contribution >= 4 is 16.9 Å². The molecule has 4 nitrogen and oxygen atoms in total. The Labute approximate surface area is 82.0 Å². The van der Waals surface area contributed by atoms with Gasteiger partial charge in [0.05, 0.1) is 11.7 Å². The van der Waals surface area contributed by atoms with Gasteiger partial charge in [-0.15, -0.1) is 0 Å². The van der Waals surface area contributed by atoms with Gasteiger partial charge in [-0.2, -0.15) is 13.2 Å². The van der Waals surface area contributed by atoms with Crippen LogP contribution in [0.15, 0.2) is 18.5 Å². The van der Waals surface area contributed by atoms with Crippen molar-refractivity contribution < 1.29 is 13.2 Å². The molecule has 2 heterocycles. The van der Waals surface area contributed by atoms with Gasteiger partial charge in [-0.1, -0.05) is 0 Å². The molecular weight excluding hydrogens is 209 g/mol. The van der Waals surface area contributed by atoms with Crippen molar-refractivity contribution in [3.8, 4) is 0 Å². The monoisotopic (exact) mass is 214 g/mol. The van der Waals surface area contributed by atoms with E-state index in [1.165, 1.54) is 12.3 Å². The standard InChI is InChI=1S/C8H5F3N4/c9-8(10,11)5-3-14-6-4(15-5)1-2-13-7(6)12/h1-3H,(H2,12,13). The highest BCUT2D eigenvalue weighted by molar-refractivity contribution is 5.83. The molecule has 2 aromatic rings. The zero-order valence-electron chi connectivity index (χ0n) is 7.28. The van der Waals surface area contributed by atoms with Gasteiger partial charge < -0.3 is 5.73 Å². The fourth-order valence-corrected chi connectivity index (χ4v) is 1.10. The van der Waals surface area contributed by atoms with Crippen molar-refractivity contribution in [2.75, 3.05) is 5.73 Å². The summed E-state index contributed by atoms with van der Waals surface area (Å²) in [7, 11) is 0. The van der Waals surface area contributed by atoms with Crippen molar-refractivity contribution in [3.05, 3.63) is 24.2 Å². The number of hydrogen-bond acceptors (Lipinski definition) is 4. The Bertz CT molecular complexity index is 509. The number of anilines is 1. The third-order valence-electron chi connectivity index (χ3n) is 1.78. The van der Waals surface area contributed by atoms with E-state index in [0.29, 0.717) is 6.20 Å². The maximum atomic E-state index is 12.3. The minimum absolute atomic E-state index is 0.0636. The predicted octanol–water partition coefficient (Wildman–Crippen LogP) is 1.63. The third kappa shape index (κ3) is 1.67. The molecule has 2 N–H and O–H groups in total. The first-order valence-corrected chi connectivity index (χ1v) is 3.93. The second-order valence-corrected chi connectivity index (χ2v) is 2.82. The van der Waals surface area contributed by atoms with Crippen molar-refractivity contribution in [3.63, 3.8) is 0 Å². The summed E-state index contributed by atoms with van der Waals surface area (Å²) in [6, 6.07) is 1.33. The first kappa shape index (κ1) is 9.63. The van der Waals surface area contributed by atoms with Crippen LogP contribution in [0.4, 0.5) is 19.0 Å². The number of hydrogen-bond donors (Lipinski definition) is 1. The van der Waals surface area contributed by atoms with Gasteiger partial charge >= 0.3 is 6.18 Å². The van der Waals surface area contributed by atoms with E-state index < -0.39 is 11.9 Å². The van der Waals surface area contributed by atoms with E-state index >= 15 is 0 Å². The lowest BCUT2D eigenvalue weighted by Gasteiger charge is -2.06. The van der Waals surface area contributed by atoms with Gasteiger partial charge in [0.1, 0.15) is 5.52 Å². The lowest BCUT2D eigenvalue weighted by molar-refractivity contribution is -0.141. The molecule has 0 aliphatic heterocycles. The summed E-state index contributed by atoms with van der Waals surface area (Å²) in [4.78, 5) is 10.7. The molecule has 0 amide bonds. The molecule has 0 bridgehead atoms. The second kappa shape index (κ2) is 3.04. The van der Waals surface area contributed by atoms with Crippen LogP contribution in [0.3, 0.4) is 0 Å². The van der Waals surface area contributed by atoms with Crippen LogP contribution in [0, 0.1) is 0 Å². The van der Waals surface area contributed by atoms with Crippen molar-refractivity contribution in [1.29, 1.82) is 0 Å². The Morgan fingerprint density at radius 1 is 1.20 bits per heavy atom. The van der Waals surface area contributed by atoms with Crippen LogP contribution >= 0.6 is 0 Å². The van der Waals surface area contributed by atoms with E-state index in [-0.39, 0.29) is 16.9 Å². The van der Waals surface area contributed by atoms with Crippen LogP contribution < -0.4 is 5.73 Å². The van der Waals surface area contributed by atoms with Crippen LogP contribution in [0.25, 0.3) is 11.0 Å². The molecule has 0 spiro atoms. The third-order valence-corrected chi connectivity index (χ3v) is 1.78. The SMILES string of the molecule is Nc1nccc2nc(C(F)(F)F)cnc12. The minimum atomic E-state index is -4.50. The van der Waals surface area contributed by atoms with E-state index in [0.717, 1.165) is 0 Å². The first-order chi connectivity index (χ1) is 6.98. The highest BCUT2D eigenvalue weighted by atomic mass is 19.4. The lowest BCUT2D eigenvalue weighted by Crippen LogP contribution is -2.09. The second-order valence-electron chi connectivity index (χ2n) is 2.82. The molecule has 2 aromatic heterocycles. The molecule has 0 aromatic carbocycles. The van der Waals surface area contributed by atoms with Gasteiger partial charge in [-0.25, -0.2) is 15.0 Å². The van der Waals surface area contributed by atoms with Crippen LogP contribution in [-0.4, -0.2) is 15.0 Å². The summed E-state index contributed by atoms with van der Waals surface area (Å²) in [5.41, 5.74) is 4.63. The number of nitrogens with two attached hydrogens (primary N) is 1. The number of rotatable bonds is 0. The number of halogens is 3. The first-order valence-electron chi connectivity index (χ1n) is 3.93. The maximum Gasteiger partial charge on any atom is 0.434 e. The molecule has 0 aliphatic rings. The molecule has 2 rings (SSSR count). The molecule has 78 valence electrons. The molecule has 0 aliphatic carbocycles. The van der Waals surface area contributed by atoms with Gasteiger partial charge in [-0.3, -0.25) is 0 Å². The van der Waals surface area contributed by atoms with E-state index in [2.05, 4.69) is 15.0 Å². The van der Waals surface area contributed by atoms with Crippen molar-refractivity contribution in [2.45, 2.75) is 6.18 Å². The van der Waals surface area contributed by atoms with E-state index in [9.17, 15) is 13.2 Å². The average Bonchev–Trinajstić information content (AvgIpc) is 2.16. The van der Waals surface area contributed by atoms with E-state index in [4.69, 9.17) is 5.73 Å². The van der Waals surface area contributed by atoms with Gasteiger partial charge in [0.15, 0.2) is 11.5 Å². The number of alkyl halides is 3. The smallest absolute Gasteiger partial charge is 0.382 e. The summed E-state index contributed by atoms with van der Waals surface area (Å²) in [5, 5.41) is 0. The Morgan fingerprint density at radius 3 is 2.60 bits per heavy atom. The molecule has 0 atom stereocenters. The zero-order chi connectivity index (χ0) is 11.1. The highest BCUT2D eigenvalue weighted by Gasteiger charge is 2.33. The van der Waals surface area contributed by atoms with Gasteiger partial charge in [0.2, 0.25) is 0 Å². The number of nitrogens with zero attached hydrogens (tertiary/aromatic N) is 3. The molecule has 15 heavy (non-hydrogen) atoms. The summed E-state index contributed by atoms with van der Waals surface area (Å²) < 4.78 is 36.8. The molecule has 7 heteroatoms. The van der Waals surface area contributed by atoms with Crippen LogP contribution in [-0.2, 0) is 6.18 Å². The Morgan fingerprint density at radius 2 is 1.93 bits per heavy atom. The highest BCUT2D eigenvalue weighted by Crippen LogP contribution is 2.28. The number of fused-ring (bicyclic) bond motifs is 1. The minimum Gasteiger partial charge on any atom is -0.382 e. The predicted molar refractivity (Wildman–Crippen MR) is 46.7 cm³/mol. The van der Waals surface area contributed by atoms with Crippen LogP contribution in [0.5, 0.6) is 0 Å². The summed E-state index contributed by atoms with van der Waals surface area (Å²) >= 11 is 0. The van der Waals surface area contributed by atoms with Crippen LogP contribution in [0.1, 0.15) is 5.69 Å². The Balaban J connectivity index is 2.68.